The highest BCUT2D eigenvalue weighted by Gasteiger charge is 2.20. The molecule has 1 saturated heterocycles. The predicted octanol–water partition coefficient (Wildman–Crippen LogP) is 3.66. The first-order valence-corrected chi connectivity index (χ1v) is 7.00. The van der Waals surface area contributed by atoms with Gasteiger partial charge in [-0.2, -0.15) is 0 Å². The van der Waals surface area contributed by atoms with Crippen LogP contribution in [0.15, 0.2) is 16.6 Å². The highest BCUT2D eigenvalue weighted by molar-refractivity contribution is 9.10. The van der Waals surface area contributed by atoms with Gasteiger partial charge in [-0.1, -0.05) is 19.9 Å². The Morgan fingerprint density at radius 2 is 2.18 bits per heavy atom. The van der Waals surface area contributed by atoms with Gasteiger partial charge in [-0.05, 0) is 57.9 Å². The standard InChI is InChI=1S/C14H20BrNO/c1-9(2)12-6-11(10-4-5-16-8-10)7-13(15)14(12)17-3/h6-7,9-10,16H,4-5,8H2,1-3H3. The number of benzene rings is 1. The molecule has 0 aliphatic carbocycles. The van der Waals surface area contributed by atoms with Crippen molar-refractivity contribution < 1.29 is 4.74 Å². The molecule has 94 valence electrons. The first-order chi connectivity index (χ1) is 8.13. The lowest BCUT2D eigenvalue weighted by Gasteiger charge is -2.18. The molecule has 3 heteroatoms. The van der Waals surface area contributed by atoms with Crippen LogP contribution in [0.2, 0.25) is 0 Å². The lowest BCUT2D eigenvalue weighted by atomic mass is 9.92. The highest BCUT2D eigenvalue weighted by Crippen LogP contribution is 2.37. The Morgan fingerprint density at radius 3 is 2.71 bits per heavy atom. The molecule has 0 spiro atoms. The minimum absolute atomic E-state index is 0.482. The van der Waals surface area contributed by atoms with Crippen molar-refractivity contribution in [1.82, 2.24) is 5.32 Å². The Labute approximate surface area is 112 Å². The van der Waals surface area contributed by atoms with Crippen LogP contribution in [0.25, 0.3) is 0 Å². The summed E-state index contributed by atoms with van der Waals surface area (Å²) >= 11 is 3.63. The number of halogens is 1. The Bertz CT molecular complexity index is 397. The van der Waals surface area contributed by atoms with E-state index in [9.17, 15) is 0 Å². The molecule has 1 aliphatic rings. The van der Waals surface area contributed by atoms with Crippen LogP contribution < -0.4 is 10.1 Å². The minimum Gasteiger partial charge on any atom is -0.495 e. The van der Waals surface area contributed by atoms with Crippen molar-refractivity contribution in [1.29, 1.82) is 0 Å². The second-order valence-electron chi connectivity index (χ2n) is 4.97. The van der Waals surface area contributed by atoms with Crippen LogP contribution >= 0.6 is 15.9 Å². The number of nitrogens with one attached hydrogen (secondary N) is 1. The predicted molar refractivity (Wildman–Crippen MR) is 75.0 cm³/mol. The minimum atomic E-state index is 0.482. The van der Waals surface area contributed by atoms with Crippen LogP contribution in [0.1, 0.15) is 43.2 Å². The zero-order chi connectivity index (χ0) is 12.4. The van der Waals surface area contributed by atoms with Gasteiger partial charge in [0, 0.05) is 6.54 Å². The molecule has 0 bridgehead atoms. The first-order valence-electron chi connectivity index (χ1n) is 6.21. The van der Waals surface area contributed by atoms with E-state index in [-0.39, 0.29) is 0 Å². The molecule has 1 fully saturated rings. The van der Waals surface area contributed by atoms with Gasteiger partial charge in [0.25, 0.3) is 0 Å². The van der Waals surface area contributed by atoms with Crippen LogP contribution in [0.5, 0.6) is 5.75 Å². The van der Waals surface area contributed by atoms with E-state index in [0.717, 1.165) is 23.3 Å². The smallest absolute Gasteiger partial charge is 0.136 e. The van der Waals surface area contributed by atoms with Crippen molar-refractivity contribution in [3.05, 3.63) is 27.7 Å². The van der Waals surface area contributed by atoms with Crippen molar-refractivity contribution in [2.75, 3.05) is 20.2 Å². The quantitative estimate of drug-likeness (QED) is 0.919. The third-order valence-corrected chi connectivity index (χ3v) is 4.04. The van der Waals surface area contributed by atoms with Crippen LogP contribution in [0.3, 0.4) is 0 Å². The molecular formula is C14H20BrNO. The van der Waals surface area contributed by atoms with Crippen molar-refractivity contribution in [3.8, 4) is 5.75 Å². The molecule has 17 heavy (non-hydrogen) atoms. The van der Waals surface area contributed by atoms with Crippen LogP contribution in [0.4, 0.5) is 0 Å². The molecule has 2 nitrogen and oxygen atoms in total. The number of methoxy groups -OCH3 is 1. The SMILES string of the molecule is COc1c(Br)cc(C2CCNC2)cc1C(C)C. The average Bonchev–Trinajstić information content (AvgIpc) is 2.81. The monoisotopic (exact) mass is 297 g/mol. The number of hydrogen-bond acceptors (Lipinski definition) is 2. The van der Waals surface area contributed by atoms with Crippen LogP contribution in [-0.4, -0.2) is 20.2 Å². The fourth-order valence-corrected chi connectivity index (χ4v) is 3.11. The summed E-state index contributed by atoms with van der Waals surface area (Å²) in [6.45, 7) is 6.64. The summed E-state index contributed by atoms with van der Waals surface area (Å²) in [5, 5.41) is 3.42. The maximum atomic E-state index is 5.49. The average molecular weight is 298 g/mol. The van der Waals surface area contributed by atoms with Crippen molar-refractivity contribution in [3.63, 3.8) is 0 Å². The topological polar surface area (TPSA) is 21.3 Å². The summed E-state index contributed by atoms with van der Waals surface area (Å²) in [7, 11) is 1.74. The summed E-state index contributed by atoms with van der Waals surface area (Å²) in [5.74, 6) is 2.11. The molecule has 1 unspecified atom stereocenters. The van der Waals surface area contributed by atoms with E-state index >= 15 is 0 Å². The van der Waals surface area contributed by atoms with Crippen molar-refractivity contribution in [2.45, 2.75) is 32.1 Å². The van der Waals surface area contributed by atoms with E-state index in [4.69, 9.17) is 4.74 Å². The Kier molecular flexibility index (Phi) is 4.10. The van der Waals surface area contributed by atoms with E-state index in [1.807, 2.05) is 0 Å². The van der Waals surface area contributed by atoms with Crippen LogP contribution in [0, 0.1) is 0 Å². The first kappa shape index (κ1) is 12.9. The van der Waals surface area contributed by atoms with Gasteiger partial charge in [0.15, 0.2) is 0 Å². The Hall–Kier alpha value is -0.540. The largest absolute Gasteiger partial charge is 0.495 e. The van der Waals surface area contributed by atoms with Crippen molar-refractivity contribution in [2.24, 2.45) is 0 Å². The maximum absolute atomic E-state index is 5.49. The molecule has 2 rings (SSSR count). The summed E-state index contributed by atoms with van der Waals surface area (Å²) < 4.78 is 6.57. The van der Waals surface area contributed by atoms with Gasteiger partial charge in [-0.3, -0.25) is 0 Å². The van der Waals surface area contributed by atoms with Gasteiger partial charge in [-0.15, -0.1) is 0 Å². The van der Waals surface area contributed by atoms with Gasteiger partial charge in [0.2, 0.25) is 0 Å². The Balaban J connectivity index is 2.41. The normalized spacial score (nSPS) is 19.9. The fourth-order valence-electron chi connectivity index (χ4n) is 2.46. The molecule has 1 heterocycles. The number of hydrogen-bond donors (Lipinski definition) is 1. The van der Waals surface area contributed by atoms with Gasteiger partial charge >= 0.3 is 0 Å². The zero-order valence-electron chi connectivity index (χ0n) is 10.7. The fraction of sp³-hybridized carbons (Fsp3) is 0.571. The lowest BCUT2D eigenvalue weighted by molar-refractivity contribution is 0.404. The van der Waals surface area contributed by atoms with Gasteiger partial charge in [0.05, 0.1) is 11.6 Å². The Morgan fingerprint density at radius 1 is 1.41 bits per heavy atom. The number of rotatable bonds is 3. The van der Waals surface area contributed by atoms with E-state index < -0.39 is 0 Å². The molecular weight excluding hydrogens is 278 g/mol. The van der Waals surface area contributed by atoms with Gasteiger partial charge in [0.1, 0.15) is 5.75 Å². The molecule has 0 amide bonds. The second-order valence-corrected chi connectivity index (χ2v) is 5.82. The zero-order valence-corrected chi connectivity index (χ0v) is 12.3. The molecule has 1 N–H and O–H groups in total. The van der Waals surface area contributed by atoms with Gasteiger partial charge < -0.3 is 10.1 Å². The van der Waals surface area contributed by atoms with E-state index in [1.165, 1.54) is 17.5 Å². The molecule has 0 aromatic heterocycles. The molecule has 1 aromatic rings. The lowest BCUT2D eigenvalue weighted by Crippen LogP contribution is -2.08. The molecule has 1 aliphatic heterocycles. The third-order valence-electron chi connectivity index (χ3n) is 3.45. The van der Waals surface area contributed by atoms with Gasteiger partial charge in [-0.25, -0.2) is 0 Å². The molecule has 0 radical (unpaired) electrons. The van der Waals surface area contributed by atoms with Crippen molar-refractivity contribution >= 4 is 15.9 Å². The van der Waals surface area contributed by atoms with Crippen LogP contribution in [-0.2, 0) is 0 Å². The third kappa shape index (κ3) is 2.66. The molecule has 1 aromatic carbocycles. The number of ether oxygens (including phenoxy) is 1. The van der Waals surface area contributed by atoms with E-state index in [2.05, 4.69) is 47.2 Å². The van der Waals surface area contributed by atoms with E-state index in [0.29, 0.717) is 11.8 Å². The summed E-state index contributed by atoms with van der Waals surface area (Å²) in [4.78, 5) is 0. The summed E-state index contributed by atoms with van der Waals surface area (Å²) in [6, 6.07) is 4.52. The summed E-state index contributed by atoms with van der Waals surface area (Å²) in [5.41, 5.74) is 2.72. The van der Waals surface area contributed by atoms with E-state index in [1.54, 1.807) is 7.11 Å². The molecule has 1 atom stereocenters. The summed E-state index contributed by atoms with van der Waals surface area (Å²) in [6.07, 6.45) is 1.23. The maximum Gasteiger partial charge on any atom is 0.136 e. The second kappa shape index (κ2) is 5.40. The molecule has 0 saturated carbocycles. The highest BCUT2D eigenvalue weighted by atomic mass is 79.9.